The Kier molecular flexibility index (Phi) is 6.03. The molecule has 0 bridgehead atoms. The Bertz CT molecular complexity index is 1560. The van der Waals surface area contributed by atoms with E-state index < -0.39 is 5.82 Å². The number of carbonyl (C=O) groups is 1. The maximum absolute atomic E-state index is 13.4. The van der Waals surface area contributed by atoms with Crippen molar-refractivity contribution in [3.8, 4) is 22.6 Å². The molecule has 0 spiro atoms. The average molecular weight is 499 g/mol. The summed E-state index contributed by atoms with van der Waals surface area (Å²) >= 11 is 0. The van der Waals surface area contributed by atoms with Crippen LogP contribution in [0.2, 0.25) is 0 Å². The van der Waals surface area contributed by atoms with E-state index in [-0.39, 0.29) is 12.3 Å². The largest absolute Gasteiger partial charge is 0.378 e. The first-order valence-electron chi connectivity index (χ1n) is 11.9. The van der Waals surface area contributed by atoms with Crippen molar-refractivity contribution in [3.05, 3.63) is 72.6 Å². The molecule has 0 saturated carbocycles. The molecule has 186 valence electrons. The van der Waals surface area contributed by atoms with E-state index in [4.69, 9.17) is 9.72 Å². The fraction of sp³-hybridized carbons (Fsp3) is 0.192. The zero-order valence-electron chi connectivity index (χ0n) is 19.7. The van der Waals surface area contributed by atoms with Gasteiger partial charge in [0.2, 0.25) is 5.91 Å². The van der Waals surface area contributed by atoms with Gasteiger partial charge in [-0.25, -0.2) is 14.4 Å². The molecule has 37 heavy (non-hydrogen) atoms. The molecule has 4 aromatic heterocycles. The Balaban J connectivity index is 1.13. The zero-order chi connectivity index (χ0) is 25.2. The second-order valence-electron chi connectivity index (χ2n) is 8.69. The number of aromatic nitrogens is 6. The second-order valence-corrected chi connectivity index (χ2v) is 8.69. The van der Waals surface area contributed by atoms with E-state index in [1.807, 2.05) is 30.3 Å². The number of benzene rings is 1. The van der Waals surface area contributed by atoms with Gasteiger partial charge in [-0.1, -0.05) is 0 Å². The molecule has 5 aromatic rings. The molecule has 1 aromatic carbocycles. The highest BCUT2D eigenvalue weighted by molar-refractivity contribution is 5.93. The lowest BCUT2D eigenvalue weighted by molar-refractivity contribution is -0.115. The molecule has 0 unspecified atom stereocenters. The third-order valence-corrected chi connectivity index (χ3v) is 6.12. The summed E-state index contributed by atoms with van der Waals surface area (Å²) < 4.78 is 18.9. The van der Waals surface area contributed by atoms with E-state index in [2.05, 4.69) is 35.4 Å². The number of rotatable bonds is 6. The third kappa shape index (κ3) is 4.89. The number of nitrogens with zero attached hydrogens (tertiary/aromatic N) is 5. The summed E-state index contributed by atoms with van der Waals surface area (Å²) in [6.07, 6.45) is 4.53. The minimum atomic E-state index is -0.444. The lowest BCUT2D eigenvalue weighted by Crippen LogP contribution is -2.36. The van der Waals surface area contributed by atoms with Gasteiger partial charge in [0, 0.05) is 48.0 Å². The van der Waals surface area contributed by atoms with Gasteiger partial charge in [-0.3, -0.25) is 14.9 Å². The molecule has 3 N–H and O–H groups in total. The van der Waals surface area contributed by atoms with E-state index in [1.165, 1.54) is 12.3 Å². The molecule has 1 amide bonds. The summed E-state index contributed by atoms with van der Waals surface area (Å²) in [6.45, 7) is 2.91. The van der Waals surface area contributed by atoms with Crippen LogP contribution in [0.25, 0.3) is 33.7 Å². The van der Waals surface area contributed by atoms with Crippen molar-refractivity contribution in [2.45, 2.75) is 6.42 Å². The summed E-state index contributed by atoms with van der Waals surface area (Å²) in [7, 11) is 0. The molecule has 0 atom stereocenters. The van der Waals surface area contributed by atoms with Crippen LogP contribution in [0, 0.1) is 5.82 Å². The van der Waals surface area contributed by atoms with Crippen molar-refractivity contribution in [2.75, 3.05) is 36.5 Å². The summed E-state index contributed by atoms with van der Waals surface area (Å²) in [6, 6.07) is 12.4. The average Bonchev–Trinajstić information content (AvgIpc) is 3.57. The quantitative estimate of drug-likeness (QED) is 0.327. The number of halogens is 1. The minimum absolute atomic E-state index is 0.0956. The number of fused-ring (bicyclic) bond motifs is 1. The van der Waals surface area contributed by atoms with Gasteiger partial charge in [0.05, 0.1) is 37.0 Å². The lowest BCUT2D eigenvalue weighted by Gasteiger charge is -2.27. The molecular formula is C26H23FN8O2. The zero-order valence-corrected chi connectivity index (χ0v) is 19.7. The molecular weight excluding hydrogens is 475 g/mol. The number of aromatic amines is 2. The standard InChI is InChI=1S/C26H23FN8O2/c27-18-11-17(14-28-15-18)22-12-20(33-34-22)13-23(36)30-19-3-1-16(2-4-19)25-31-21-5-6-29-26(24(21)32-25)35-7-9-37-10-8-35/h1-6,11-12,14-15H,7-10,13H2,(H,30,36)(H,31,32)(H,33,34). The monoisotopic (exact) mass is 498 g/mol. The van der Waals surface area contributed by atoms with Crippen LogP contribution in [0.5, 0.6) is 0 Å². The minimum Gasteiger partial charge on any atom is -0.378 e. The number of amides is 1. The number of ether oxygens (including phenoxy) is 1. The van der Waals surface area contributed by atoms with E-state index in [0.29, 0.717) is 35.9 Å². The number of anilines is 2. The fourth-order valence-electron chi connectivity index (χ4n) is 4.31. The summed E-state index contributed by atoms with van der Waals surface area (Å²) in [4.78, 5) is 31.3. The van der Waals surface area contributed by atoms with Crippen LogP contribution in [0.3, 0.4) is 0 Å². The topological polar surface area (TPSA) is 125 Å². The third-order valence-electron chi connectivity index (χ3n) is 6.12. The van der Waals surface area contributed by atoms with Crippen molar-refractivity contribution < 1.29 is 13.9 Å². The number of hydrogen-bond acceptors (Lipinski definition) is 7. The summed E-state index contributed by atoms with van der Waals surface area (Å²) in [5.74, 6) is 0.931. The maximum atomic E-state index is 13.4. The van der Waals surface area contributed by atoms with Crippen LogP contribution >= 0.6 is 0 Å². The van der Waals surface area contributed by atoms with Crippen LogP contribution in [-0.4, -0.2) is 62.3 Å². The van der Waals surface area contributed by atoms with E-state index in [0.717, 1.165) is 47.5 Å². The SMILES string of the molecule is O=C(Cc1cc(-c2cncc(F)c2)n[nH]1)Nc1ccc(-c2nc3c(N4CCOCC4)nccc3[nH]2)cc1. The summed E-state index contributed by atoms with van der Waals surface area (Å²) in [5, 5.41) is 9.86. The van der Waals surface area contributed by atoms with Crippen molar-refractivity contribution in [1.82, 2.24) is 30.1 Å². The van der Waals surface area contributed by atoms with Gasteiger partial charge in [0.15, 0.2) is 5.82 Å². The molecule has 5 heterocycles. The predicted octanol–water partition coefficient (Wildman–Crippen LogP) is 3.57. The molecule has 1 aliphatic heterocycles. The Morgan fingerprint density at radius 2 is 1.92 bits per heavy atom. The molecule has 0 aliphatic carbocycles. The Hall–Kier alpha value is -4.64. The lowest BCUT2D eigenvalue weighted by atomic mass is 10.1. The summed E-state index contributed by atoms with van der Waals surface area (Å²) in [5.41, 5.74) is 4.97. The molecule has 1 saturated heterocycles. The fourth-order valence-corrected chi connectivity index (χ4v) is 4.31. The number of pyridine rings is 2. The van der Waals surface area contributed by atoms with Crippen LogP contribution in [0.4, 0.5) is 15.9 Å². The van der Waals surface area contributed by atoms with Crippen molar-refractivity contribution in [2.24, 2.45) is 0 Å². The Labute approximate surface area is 210 Å². The highest BCUT2D eigenvalue weighted by Crippen LogP contribution is 2.27. The first kappa shape index (κ1) is 22.8. The van der Waals surface area contributed by atoms with Gasteiger partial charge >= 0.3 is 0 Å². The molecule has 0 radical (unpaired) electrons. The van der Waals surface area contributed by atoms with Crippen molar-refractivity contribution in [1.29, 1.82) is 0 Å². The van der Waals surface area contributed by atoms with Crippen molar-refractivity contribution >= 4 is 28.4 Å². The predicted molar refractivity (Wildman–Crippen MR) is 136 cm³/mol. The Morgan fingerprint density at radius 3 is 2.73 bits per heavy atom. The van der Waals surface area contributed by atoms with Gasteiger partial charge in [-0.05, 0) is 42.5 Å². The smallest absolute Gasteiger partial charge is 0.230 e. The number of H-pyrrole nitrogens is 2. The van der Waals surface area contributed by atoms with E-state index in [9.17, 15) is 9.18 Å². The van der Waals surface area contributed by atoms with Crippen LogP contribution in [0.1, 0.15) is 5.69 Å². The second kappa shape index (κ2) is 9.78. The van der Waals surface area contributed by atoms with Crippen molar-refractivity contribution in [3.63, 3.8) is 0 Å². The molecule has 11 heteroatoms. The number of imidazole rings is 1. The van der Waals surface area contributed by atoms with Crippen LogP contribution in [0.15, 0.2) is 61.1 Å². The number of nitrogens with one attached hydrogen (secondary N) is 3. The highest BCUT2D eigenvalue weighted by atomic mass is 19.1. The number of morpholine rings is 1. The Morgan fingerprint density at radius 1 is 1.08 bits per heavy atom. The van der Waals surface area contributed by atoms with Gasteiger partial charge < -0.3 is 19.9 Å². The first-order valence-corrected chi connectivity index (χ1v) is 11.9. The van der Waals surface area contributed by atoms with Gasteiger partial charge in [-0.2, -0.15) is 5.10 Å². The van der Waals surface area contributed by atoms with E-state index in [1.54, 1.807) is 12.3 Å². The maximum Gasteiger partial charge on any atom is 0.230 e. The molecule has 1 aliphatic rings. The molecule has 6 rings (SSSR count). The normalized spacial score (nSPS) is 13.7. The highest BCUT2D eigenvalue weighted by Gasteiger charge is 2.18. The molecule has 10 nitrogen and oxygen atoms in total. The number of carbonyl (C=O) groups excluding carboxylic acids is 1. The molecule has 1 fully saturated rings. The van der Waals surface area contributed by atoms with Crippen LogP contribution < -0.4 is 10.2 Å². The van der Waals surface area contributed by atoms with Gasteiger partial charge in [0.25, 0.3) is 0 Å². The van der Waals surface area contributed by atoms with E-state index >= 15 is 0 Å². The first-order chi connectivity index (χ1) is 18.1. The van der Waals surface area contributed by atoms with Gasteiger partial charge in [-0.15, -0.1) is 0 Å². The van der Waals surface area contributed by atoms with Crippen LogP contribution in [-0.2, 0) is 16.0 Å². The number of hydrogen-bond donors (Lipinski definition) is 3. The van der Waals surface area contributed by atoms with Gasteiger partial charge in [0.1, 0.15) is 17.2 Å².